The predicted molar refractivity (Wildman–Crippen MR) is 131 cm³/mol. The van der Waals surface area contributed by atoms with Crippen LogP contribution >= 0.6 is 0 Å². The van der Waals surface area contributed by atoms with E-state index in [1.807, 2.05) is 78.9 Å². The third-order valence-electron chi connectivity index (χ3n) is 5.43. The minimum Gasteiger partial charge on any atom is -0.489 e. The Balaban J connectivity index is 1.18. The highest BCUT2D eigenvalue weighted by atomic mass is 16.5. The number of rotatable bonds is 10. The first-order valence-electron chi connectivity index (χ1n) is 11.1. The highest BCUT2D eigenvalue weighted by molar-refractivity contribution is 5.90. The molecular formula is C27H29N3O3. The van der Waals surface area contributed by atoms with Crippen LogP contribution in [0.4, 0.5) is 10.5 Å². The molecule has 0 unspecified atom stereocenters. The highest BCUT2D eigenvalue weighted by Crippen LogP contribution is 2.20. The van der Waals surface area contributed by atoms with E-state index in [2.05, 4.69) is 17.2 Å². The van der Waals surface area contributed by atoms with E-state index in [0.717, 1.165) is 28.3 Å². The van der Waals surface area contributed by atoms with E-state index < -0.39 is 0 Å². The number of ether oxygens (including phenoxy) is 2. The van der Waals surface area contributed by atoms with Gasteiger partial charge in [0.15, 0.2) is 0 Å². The van der Waals surface area contributed by atoms with Gasteiger partial charge in [0.05, 0.1) is 0 Å². The lowest BCUT2D eigenvalue weighted by molar-refractivity contribution is 0.148. The van der Waals surface area contributed by atoms with Crippen LogP contribution in [0.1, 0.15) is 11.1 Å². The number of amides is 2. The van der Waals surface area contributed by atoms with Crippen LogP contribution in [0, 0.1) is 0 Å². The van der Waals surface area contributed by atoms with Crippen molar-refractivity contribution < 1.29 is 14.3 Å². The van der Waals surface area contributed by atoms with Gasteiger partial charge >= 0.3 is 6.03 Å². The van der Waals surface area contributed by atoms with Crippen LogP contribution in [0.5, 0.6) is 11.5 Å². The minimum atomic E-state index is -0.0966. The van der Waals surface area contributed by atoms with E-state index in [-0.39, 0.29) is 12.1 Å². The molecule has 4 rings (SSSR count). The van der Waals surface area contributed by atoms with Crippen LogP contribution in [0.3, 0.4) is 0 Å². The molecular weight excluding hydrogens is 414 g/mol. The van der Waals surface area contributed by atoms with Gasteiger partial charge in [-0.1, -0.05) is 61.2 Å². The van der Waals surface area contributed by atoms with Crippen molar-refractivity contribution in [3.05, 3.63) is 103 Å². The molecule has 3 aromatic carbocycles. The second-order valence-electron chi connectivity index (χ2n) is 7.92. The summed E-state index contributed by atoms with van der Waals surface area (Å²) in [6, 6.07) is 25.6. The van der Waals surface area contributed by atoms with Crippen LogP contribution < -0.4 is 20.1 Å². The molecule has 1 aliphatic rings. The summed E-state index contributed by atoms with van der Waals surface area (Å²) in [5, 5.41) is 6.44. The quantitative estimate of drug-likeness (QED) is 0.440. The average Bonchev–Trinajstić information content (AvgIpc) is 2.82. The Morgan fingerprint density at radius 1 is 0.970 bits per heavy atom. The van der Waals surface area contributed by atoms with Crippen molar-refractivity contribution in [1.82, 2.24) is 10.2 Å². The number of para-hydroxylation sites is 1. The van der Waals surface area contributed by atoms with E-state index >= 15 is 0 Å². The molecule has 1 fully saturated rings. The molecule has 2 amide bonds. The SMILES string of the molecule is C=CCOc1ccccc1CNC1CN(C(=O)Nc2ccc(OCc3ccccc3)cc2)C1. The zero-order valence-corrected chi connectivity index (χ0v) is 18.6. The van der Waals surface area contributed by atoms with Crippen molar-refractivity contribution in [1.29, 1.82) is 0 Å². The molecule has 0 spiro atoms. The lowest BCUT2D eigenvalue weighted by atomic mass is 10.1. The number of hydrogen-bond donors (Lipinski definition) is 2. The van der Waals surface area contributed by atoms with Crippen molar-refractivity contribution in [3.8, 4) is 11.5 Å². The maximum Gasteiger partial charge on any atom is 0.321 e. The summed E-state index contributed by atoms with van der Waals surface area (Å²) in [7, 11) is 0. The molecule has 6 nitrogen and oxygen atoms in total. The molecule has 0 bridgehead atoms. The molecule has 0 aliphatic carbocycles. The summed E-state index contributed by atoms with van der Waals surface area (Å²) in [6.45, 7) is 6.71. The molecule has 0 saturated carbocycles. The van der Waals surface area contributed by atoms with Crippen LogP contribution in [0.15, 0.2) is 91.5 Å². The van der Waals surface area contributed by atoms with Gasteiger partial charge in [0.1, 0.15) is 24.7 Å². The first-order chi connectivity index (χ1) is 16.2. The molecule has 2 N–H and O–H groups in total. The maximum atomic E-state index is 12.5. The third kappa shape index (κ3) is 6.37. The summed E-state index contributed by atoms with van der Waals surface area (Å²) in [5.74, 6) is 1.62. The highest BCUT2D eigenvalue weighted by Gasteiger charge is 2.30. The van der Waals surface area contributed by atoms with Gasteiger partial charge < -0.3 is 25.0 Å². The average molecular weight is 444 g/mol. The zero-order chi connectivity index (χ0) is 22.9. The van der Waals surface area contributed by atoms with E-state index in [4.69, 9.17) is 9.47 Å². The van der Waals surface area contributed by atoms with Crippen LogP contribution in [-0.4, -0.2) is 36.7 Å². The van der Waals surface area contributed by atoms with E-state index in [1.54, 1.807) is 11.0 Å². The second kappa shape index (κ2) is 11.2. The summed E-state index contributed by atoms with van der Waals surface area (Å²) < 4.78 is 11.5. The number of benzene rings is 3. The molecule has 33 heavy (non-hydrogen) atoms. The van der Waals surface area contributed by atoms with Crippen LogP contribution in [0.2, 0.25) is 0 Å². The Bertz CT molecular complexity index is 1050. The van der Waals surface area contributed by atoms with Gasteiger partial charge in [0.25, 0.3) is 0 Å². The fourth-order valence-electron chi connectivity index (χ4n) is 3.55. The number of hydrogen-bond acceptors (Lipinski definition) is 4. The molecule has 3 aromatic rings. The molecule has 1 aliphatic heterocycles. The Morgan fingerprint density at radius 2 is 1.70 bits per heavy atom. The van der Waals surface area contributed by atoms with Crippen LogP contribution in [-0.2, 0) is 13.2 Å². The lowest BCUT2D eigenvalue weighted by Crippen LogP contribution is -2.60. The lowest BCUT2D eigenvalue weighted by Gasteiger charge is -2.39. The maximum absolute atomic E-state index is 12.5. The number of nitrogens with zero attached hydrogens (tertiary/aromatic N) is 1. The number of anilines is 1. The van der Waals surface area contributed by atoms with Crippen molar-refractivity contribution in [2.24, 2.45) is 0 Å². The molecule has 0 radical (unpaired) electrons. The van der Waals surface area contributed by atoms with Gasteiger partial charge in [-0.25, -0.2) is 4.79 Å². The molecule has 0 atom stereocenters. The van der Waals surface area contributed by atoms with Crippen molar-refractivity contribution in [3.63, 3.8) is 0 Å². The molecule has 1 heterocycles. The van der Waals surface area contributed by atoms with E-state index in [0.29, 0.717) is 32.8 Å². The standard InChI is InChI=1S/C27H29N3O3/c1-2-16-32-26-11-7-6-10-22(26)17-28-24-18-30(19-24)27(31)29-23-12-14-25(15-13-23)33-20-21-8-4-3-5-9-21/h2-15,24,28H,1,16-20H2,(H,29,31). The van der Waals surface area contributed by atoms with Gasteiger partial charge in [-0.3, -0.25) is 0 Å². The van der Waals surface area contributed by atoms with Gasteiger partial charge in [-0.15, -0.1) is 0 Å². The smallest absolute Gasteiger partial charge is 0.321 e. The number of nitrogens with one attached hydrogen (secondary N) is 2. The molecule has 0 aromatic heterocycles. The Hall–Kier alpha value is -3.77. The first kappa shape index (κ1) is 22.4. The number of carbonyl (C=O) groups excluding carboxylic acids is 1. The molecule has 6 heteroatoms. The van der Waals surface area contributed by atoms with E-state index in [9.17, 15) is 4.79 Å². The van der Waals surface area contributed by atoms with Crippen molar-refractivity contribution >= 4 is 11.7 Å². The van der Waals surface area contributed by atoms with Gasteiger partial charge in [0.2, 0.25) is 0 Å². The van der Waals surface area contributed by atoms with Gasteiger partial charge in [-0.05, 0) is 35.9 Å². The fourth-order valence-corrected chi connectivity index (χ4v) is 3.55. The Morgan fingerprint density at radius 3 is 2.45 bits per heavy atom. The minimum absolute atomic E-state index is 0.0966. The summed E-state index contributed by atoms with van der Waals surface area (Å²) in [6.07, 6.45) is 1.73. The van der Waals surface area contributed by atoms with Crippen molar-refractivity contribution in [2.45, 2.75) is 19.2 Å². The summed E-state index contributed by atoms with van der Waals surface area (Å²) in [5.41, 5.74) is 2.96. The zero-order valence-electron chi connectivity index (χ0n) is 18.6. The number of likely N-dealkylation sites (tertiary alicyclic amines) is 1. The van der Waals surface area contributed by atoms with Crippen molar-refractivity contribution in [2.75, 3.05) is 25.0 Å². The second-order valence-corrected chi connectivity index (χ2v) is 7.92. The number of carbonyl (C=O) groups is 1. The topological polar surface area (TPSA) is 62.8 Å². The van der Waals surface area contributed by atoms with Gasteiger partial charge in [-0.2, -0.15) is 0 Å². The Kier molecular flexibility index (Phi) is 7.61. The summed E-state index contributed by atoms with van der Waals surface area (Å²) >= 11 is 0. The summed E-state index contributed by atoms with van der Waals surface area (Å²) in [4.78, 5) is 14.3. The van der Waals surface area contributed by atoms with Crippen LogP contribution in [0.25, 0.3) is 0 Å². The first-order valence-corrected chi connectivity index (χ1v) is 11.1. The third-order valence-corrected chi connectivity index (χ3v) is 5.43. The fraction of sp³-hybridized carbons (Fsp3) is 0.222. The Labute approximate surface area is 194 Å². The largest absolute Gasteiger partial charge is 0.489 e. The predicted octanol–water partition coefficient (Wildman–Crippen LogP) is 4.84. The molecule has 1 saturated heterocycles. The number of urea groups is 1. The van der Waals surface area contributed by atoms with E-state index in [1.165, 1.54) is 0 Å². The normalized spacial score (nSPS) is 13.2. The molecule has 170 valence electrons. The monoisotopic (exact) mass is 443 g/mol. The van der Waals surface area contributed by atoms with Gasteiger partial charge in [0, 0.05) is 36.9 Å².